The minimum absolute atomic E-state index is 0.0357. The second-order valence-corrected chi connectivity index (χ2v) is 7.50. The number of aromatic hydroxyl groups is 1. The van der Waals surface area contributed by atoms with Gasteiger partial charge in [0, 0.05) is 24.8 Å². The quantitative estimate of drug-likeness (QED) is 0.359. The van der Waals surface area contributed by atoms with Crippen molar-refractivity contribution in [2.75, 3.05) is 13.1 Å². The molecule has 3 N–H and O–H groups in total. The van der Waals surface area contributed by atoms with E-state index in [-0.39, 0.29) is 17.6 Å². The molecule has 4 rings (SSSR count). The van der Waals surface area contributed by atoms with Gasteiger partial charge in [0.15, 0.2) is 5.76 Å². The maximum atomic E-state index is 12.9. The predicted octanol–water partition coefficient (Wildman–Crippen LogP) is 3.70. The lowest BCUT2D eigenvalue weighted by atomic mass is 10.2. The Morgan fingerprint density at radius 3 is 2.42 bits per heavy atom. The smallest absolute Gasteiger partial charge is 0.255 e. The second-order valence-electron chi connectivity index (χ2n) is 7.50. The molecule has 0 aliphatic rings. The van der Waals surface area contributed by atoms with Crippen molar-refractivity contribution in [3.05, 3.63) is 89.8 Å². The Labute approximate surface area is 190 Å². The number of aryl methyl sites for hydroxylation is 1. The lowest BCUT2D eigenvalue weighted by Crippen LogP contribution is -2.30. The number of rotatable bonds is 8. The molecule has 0 unspecified atom stereocenters. The van der Waals surface area contributed by atoms with E-state index in [1.165, 1.54) is 12.1 Å². The van der Waals surface area contributed by atoms with Crippen LogP contribution in [0.3, 0.4) is 0 Å². The first-order chi connectivity index (χ1) is 16.0. The molecule has 8 heteroatoms. The maximum Gasteiger partial charge on any atom is 0.255 e. The monoisotopic (exact) mass is 444 g/mol. The van der Waals surface area contributed by atoms with E-state index in [9.17, 15) is 14.7 Å². The van der Waals surface area contributed by atoms with Crippen LogP contribution in [0.5, 0.6) is 5.75 Å². The van der Waals surface area contributed by atoms with Gasteiger partial charge in [0.2, 0.25) is 0 Å². The van der Waals surface area contributed by atoms with Gasteiger partial charge in [-0.2, -0.15) is 5.10 Å². The van der Waals surface area contributed by atoms with E-state index in [1.54, 1.807) is 29.1 Å². The molecule has 0 saturated carbocycles. The van der Waals surface area contributed by atoms with E-state index in [2.05, 4.69) is 15.7 Å². The van der Waals surface area contributed by atoms with Crippen molar-refractivity contribution in [1.82, 2.24) is 20.4 Å². The maximum absolute atomic E-state index is 12.9. The van der Waals surface area contributed by atoms with Crippen LogP contribution in [-0.2, 0) is 0 Å². The summed E-state index contributed by atoms with van der Waals surface area (Å²) in [5, 5.41) is 19.7. The zero-order valence-electron chi connectivity index (χ0n) is 18.1. The van der Waals surface area contributed by atoms with Crippen molar-refractivity contribution >= 4 is 11.8 Å². The van der Waals surface area contributed by atoms with Gasteiger partial charge < -0.3 is 20.2 Å². The largest absolute Gasteiger partial charge is 0.508 e. The molecule has 0 aliphatic heterocycles. The number of amides is 2. The van der Waals surface area contributed by atoms with Crippen LogP contribution in [0.25, 0.3) is 17.1 Å². The third kappa shape index (κ3) is 5.30. The summed E-state index contributed by atoms with van der Waals surface area (Å²) >= 11 is 0. The van der Waals surface area contributed by atoms with Crippen molar-refractivity contribution in [2.24, 2.45) is 0 Å². The number of furan rings is 1. The van der Waals surface area contributed by atoms with Gasteiger partial charge in [-0.3, -0.25) is 9.59 Å². The summed E-state index contributed by atoms with van der Waals surface area (Å²) in [4.78, 5) is 25.1. The predicted molar refractivity (Wildman–Crippen MR) is 123 cm³/mol. The molecule has 0 saturated heterocycles. The van der Waals surface area contributed by atoms with Crippen LogP contribution >= 0.6 is 0 Å². The summed E-state index contributed by atoms with van der Waals surface area (Å²) < 4.78 is 7.36. The van der Waals surface area contributed by atoms with Crippen LogP contribution in [0.1, 0.15) is 32.9 Å². The number of benzene rings is 2. The summed E-state index contributed by atoms with van der Waals surface area (Å²) in [6.07, 6.45) is 2.22. The standard InChI is InChI=1S/C25H24N4O4/c1-17-11-12-22(33-17)23-21(16-29(28-23)19-8-3-2-4-9-19)25(32)27-14-6-13-26-24(31)18-7-5-10-20(30)15-18/h2-5,7-12,15-16,30H,6,13-14H2,1H3,(H,26,31)(H,27,32). The van der Waals surface area contributed by atoms with Crippen molar-refractivity contribution in [3.8, 4) is 22.9 Å². The summed E-state index contributed by atoms with van der Waals surface area (Å²) in [6, 6.07) is 19.3. The van der Waals surface area contributed by atoms with Gasteiger partial charge in [0.05, 0.1) is 11.3 Å². The summed E-state index contributed by atoms with van der Waals surface area (Å²) in [5.41, 5.74) is 2.07. The van der Waals surface area contributed by atoms with E-state index in [1.807, 2.05) is 43.3 Å². The van der Waals surface area contributed by atoms with Crippen molar-refractivity contribution < 1.29 is 19.1 Å². The molecular weight excluding hydrogens is 420 g/mol. The Balaban J connectivity index is 1.39. The average Bonchev–Trinajstić information content (AvgIpc) is 3.46. The zero-order valence-corrected chi connectivity index (χ0v) is 18.1. The van der Waals surface area contributed by atoms with Gasteiger partial charge in [0.25, 0.3) is 11.8 Å². The van der Waals surface area contributed by atoms with Crippen molar-refractivity contribution in [3.63, 3.8) is 0 Å². The van der Waals surface area contributed by atoms with Crippen LogP contribution in [0.15, 0.2) is 77.3 Å². The lowest BCUT2D eigenvalue weighted by molar-refractivity contribution is 0.0951. The fraction of sp³-hybridized carbons (Fsp3) is 0.160. The molecule has 2 aromatic heterocycles. The number of hydrogen-bond donors (Lipinski definition) is 3. The number of nitrogens with zero attached hydrogens (tertiary/aromatic N) is 2. The van der Waals surface area contributed by atoms with Crippen molar-refractivity contribution in [2.45, 2.75) is 13.3 Å². The number of carbonyl (C=O) groups is 2. The molecule has 0 radical (unpaired) electrons. The fourth-order valence-electron chi connectivity index (χ4n) is 3.33. The SMILES string of the molecule is Cc1ccc(-c2nn(-c3ccccc3)cc2C(=O)NCCCNC(=O)c2cccc(O)c2)o1. The highest BCUT2D eigenvalue weighted by Gasteiger charge is 2.20. The van der Waals surface area contributed by atoms with Crippen LogP contribution in [0.2, 0.25) is 0 Å². The number of carbonyl (C=O) groups excluding carboxylic acids is 2. The molecule has 2 amide bonds. The Bertz CT molecular complexity index is 1260. The van der Waals surface area contributed by atoms with E-state index >= 15 is 0 Å². The first-order valence-corrected chi connectivity index (χ1v) is 10.6. The molecule has 0 spiro atoms. The van der Waals surface area contributed by atoms with Gasteiger partial charge in [-0.15, -0.1) is 0 Å². The molecule has 0 aliphatic carbocycles. The molecule has 0 atom stereocenters. The molecule has 2 aromatic carbocycles. The third-order valence-electron chi connectivity index (χ3n) is 4.99. The van der Waals surface area contributed by atoms with Gasteiger partial charge >= 0.3 is 0 Å². The molecule has 0 bridgehead atoms. The van der Waals surface area contributed by atoms with E-state index in [0.717, 1.165) is 11.4 Å². The van der Waals surface area contributed by atoms with E-state index in [4.69, 9.17) is 4.42 Å². The lowest BCUT2D eigenvalue weighted by Gasteiger charge is -2.07. The van der Waals surface area contributed by atoms with Gasteiger partial charge in [-0.05, 0) is 55.8 Å². The Morgan fingerprint density at radius 1 is 0.970 bits per heavy atom. The first-order valence-electron chi connectivity index (χ1n) is 10.6. The zero-order chi connectivity index (χ0) is 23.2. The summed E-state index contributed by atoms with van der Waals surface area (Å²) in [7, 11) is 0. The Morgan fingerprint density at radius 2 is 1.73 bits per heavy atom. The molecule has 33 heavy (non-hydrogen) atoms. The molecular formula is C25H24N4O4. The number of nitrogens with one attached hydrogen (secondary N) is 2. The number of hydrogen-bond acceptors (Lipinski definition) is 5. The van der Waals surface area contributed by atoms with Crippen molar-refractivity contribution in [1.29, 1.82) is 0 Å². The number of phenolic OH excluding ortho intramolecular Hbond substituents is 1. The molecule has 2 heterocycles. The highest BCUT2D eigenvalue weighted by Crippen LogP contribution is 2.25. The Hall–Kier alpha value is -4.33. The number of phenols is 1. The number of para-hydroxylation sites is 1. The normalized spacial score (nSPS) is 10.7. The fourth-order valence-corrected chi connectivity index (χ4v) is 3.33. The topological polar surface area (TPSA) is 109 Å². The van der Waals surface area contributed by atoms with Crippen LogP contribution in [0.4, 0.5) is 0 Å². The van der Waals surface area contributed by atoms with Crippen LogP contribution in [0, 0.1) is 6.92 Å². The Kier molecular flexibility index (Phi) is 6.54. The first kappa shape index (κ1) is 21.9. The van der Waals surface area contributed by atoms with Gasteiger partial charge in [-0.25, -0.2) is 4.68 Å². The minimum atomic E-state index is -0.281. The van der Waals surface area contributed by atoms with Crippen LogP contribution < -0.4 is 10.6 Å². The highest BCUT2D eigenvalue weighted by atomic mass is 16.3. The van der Waals surface area contributed by atoms with E-state index < -0.39 is 0 Å². The highest BCUT2D eigenvalue weighted by molar-refractivity contribution is 5.99. The van der Waals surface area contributed by atoms with E-state index in [0.29, 0.717) is 42.1 Å². The van der Waals surface area contributed by atoms with Gasteiger partial charge in [-0.1, -0.05) is 24.3 Å². The summed E-state index contributed by atoms with van der Waals surface area (Å²) in [6.45, 7) is 2.58. The number of aromatic nitrogens is 2. The van der Waals surface area contributed by atoms with Crippen LogP contribution in [-0.4, -0.2) is 39.8 Å². The third-order valence-corrected chi connectivity index (χ3v) is 4.99. The summed E-state index contributed by atoms with van der Waals surface area (Å²) in [5.74, 6) is 0.727. The average molecular weight is 444 g/mol. The molecule has 4 aromatic rings. The van der Waals surface area contributed by atoms with Gasteiger partial charge in [0.1, 0.15) is 17.2 Å². The second kappa shape index (κ2) is 9.86. The molecule has 8 nitrogen and oxygen atoms in total. The molecule has 168 valence electrons. The minimum Gasteiger partial charge on any atom is -0.508 e. The molecule has 0 fully saturated rings.